The standard InChI is InChI=1S/C13H21N3/c1-9-6-11(16-8-15-9)14-7-10-12(2,3)13(10,4)5/h6,8,10H,7H2,1-5H3,(H,14,15,16). The first kappa shape index (κ1) is 11.4. The van der Waals surface area contributed by atoms with E-state index in [4.69, 9.17) is 0 Å². The van der Waals surface area contributed by atoms with E-state index in [0.29, 0.717) is 10.8 Å². The summed E-state index contributed by atoms with van der Waals surface area (Å²) in [6.45, 7) is 12.3. The smallest absolute Gasteiger partial charge is 0.129 e. The summed E-state index contributed by atoms with van der Waals surface area (Å²) in [4.78, 5) is 8.30. The maximum Gasteiger partial charge on any atom is 0.129 e. The molecule has 0 aliphatic heterocycles. The largest absolute Gasteiger partial charge is 0.370 e. The third kappa shape index (κ3) is 1.68. The topological polar surface area (TPSA) is 37.8 Å². The molecule has 1 saturated carbocycles. The molecule has 88 valence electrons. The second kappa shape index (κ2) is 3.44. The molecular weight excluding hydrogens is 198 g/mol. The molecule has 1 aromatic rings. The highest BCUT2D eigenvalue weighted by Gasteiger charge is 2.64. The molecule has 2 rings (SSSR count). The van der Waals surface area contributed by atoms with Crippen LogP contribution in [0.1, 0.15) is 33.4 Å². The molecule has 0 radical (unpaired) electrons. The van der Waals surface area contributed by atoms with Gasteiger partial charge in [-0.3, -0.25) is 0 Å². The van der Waals surface area contributed by atoms with Crippen LogP contribution in [0.15, 0.2) is 12.4 Å². The lowest BCUT2D eigenvalue weighted by molar-refractivity contribution is 0.457. The summed E-state index contributed by atoms with van der Waals surface area (Å²) >= 11 is 0. The summed E-state index contributed by atoms with van der Waals surface area (Å²) in [6.07, 6.45) is 1.61. The number of anilines is 1. The van der Waals surface area contributed by atoms with E-state index < -0.39 is 0 Å². The van der Waals surface area contributed by atoms with Crippen LogP contribution in [-0.2, 0) is 0 Å². The molecule has 3 heteroatoms. The highest BCUT2D eigenvalue weighted by atomic mass is 15.0. The number of hydrogen-bond acceptors (Lipinski definition) is 3. The maximum atomic E-state index is 4.21. The van der Waals surface area contributed by atoms with Gasteiger partial charge in [0.15, 0.2) is 0 Å². The van der Waals surface area contributed by atoms with E-state index >= 15 is 0 Å². The predicted molar refractivity (Wildman–Crippen MR) is 66.3 cm³/mol. The van der Waals surface area contributed by atoms with Crippen LogP contribution in [0.4, 0.5) is 5.82 Å². The summed E-state index contributed by atoms with van der Waals surface area (Å²) in [7, 11) is 0. The number of nitrogens with zero attached hydrogens (tertiary/aromatic N) is 2. The fraction of sp³-hybridized carbons (Fsp3) is 0.692. The van der Waals surface area contributed by atoms with Gasteiger partial charge in [-0.25, -0.2) is 9.97 Å². The summed E-state index contributed by atoms with van der Waals surface area (Å²) in [6, 6.07) is 1.99. The summed E-state index contributed by atoms with van der Waals surface area (Å²) < 4.78 is 0. The van der Waals surface area contributed by atoms with Gasteiger partial charge >= 0.3 is 0 Å². The Hall–Kier alpha value is -1.12. The second-order valence-corrected chi connectivity index (χ2v) is 5.92. The molecule has 1 N–H and O–H groups in total. The minimum absolute atomic E-state index is 0.433. The zero-order valence-corrected chi connectivity index (χ0v) is 10.8. The first-order valence-electron chi connectivity index (χ1n) is 5.88. The summed E-state index contributed by atoms with van der Waals surface area (Å²) in [5.41, 5.74) is 1.87. The van der Waals surface area contributed by atoms with E-state index in [1.54, 1.807) is 6.33 Å². The fourth-order valence-electron chi connectivity index (χ4n) is 2.60. The molecule has 16 heavy (non-hydrogen) atoms. The summed E-state index contributed by atoms with van der Waals surface area (Å²) in [5.74, 6) is 1.65. The Morgan fingerprint density at radius 1 is 1.19 bits per heavy atom. The second-order valence-electron chi connectivity index (χ2n) is 5.92. The van der Waals surface area contributed by atoms with Gasteiger partial charge in [0.1, 0.15) is 12.1 Å². The van der Waals surface area contributed by atoms with E-state index in [1.807, 2.05) is 13.0 Å². The molecular formula is C13H21N3. The zero-order chi connectivity index (χ0) is 12.0. The maximum absolute atomic E-state index is 4.21. The molecule has 0 unspecified atom stereocenters. The molecule has 0 saturated heterocycles. The van der Waals surface area contributed by atoms with Crippen LogP contribution in [0.25, 0.3) is 0 Å². The quantitative estimate of drug-likeness (QED) is 0.849. The molecule has 0 aromatic carbocycles. The van der Waals surface area contributed by atoms with E-state index in [9.17, 15) is 0 Å². The lowest BCUT2D eigenvalue weighted by atomic mass is 10.0. The Balaban J connectivity index is 1.95. The van der Waals surface area contributed by atoms with Crippen LogP contribution < -0.4 is 5.32 Å². The fourth-order valence-corrected chi connectivity index (χ4v) is 2.60. The lowest BCUT2D eigenvalue weighted by Crippen LogP contribution is -2.09. The molecule has 0 atom stereocenters. The third-order valence-corrected chi connectivity index (χ3v) is 4.61. The van der Waals surface area contributed by atoms with Gasteiger partial charge in [0, 0.05) is 18.3 Å². The first-order valence-corrected chi connectivity index (χ1v) is 5.88. The van der Waals surface area contributed by atoms with Crippen LogP contribution in [0, 0.1) is 23.7 Å². The number of nitrogens with one attached hydrogen (secondary N) is 1. The van der Waals surface area contributed by atoms with Gasteiger partial charge in [-0.05, 0) is 23.7 Å². The van der Waals surface area contributed by atoms with Crippen LogP contribution in [0.2, 0.25) is 0 Å². The molecule has 0 spiro atoms. The number of aryl methyl sites for hydroxylation is 1. The van der Waals surface area contributed by atoms with E-state index in [0.717, 1.165) is 24.0 Å². The van der Waals surface area contributed by atoms with Crippen molar-refractivity contribution >= 4 is 5.82 Å². The summed E-state index contributed by atoms with van der Waals surface area (Å²) in [5, 5.41) is 3.41. The van der Waals surface area contributed by atoms with Crippen LogP contribution >= 0.6 is 0 Å². The molecule has 1 aliphatic carbocycles. The van der Waals surface area contributed by atoms with Crippen LogP contribution in [-0.4, -0.2) is 16.5 Å². The van der Waals surface area contributed by atoms with Crippen molar-refractivity contribution in [2.24, 2.45) is 16.7 Å². The van der Waals surface area contributed by atoms with Crippen molar-refractivity contribution in [2.45, 2.75) is 34.6 Å². The van der Waals surface area contributed by atoms with Gasteiger partial charge in [0.2, 0.25) is 0 Å². The van der Waals surface area contributed by atoms with Crippen LogP contribution in [0.3, 0.4) is 0 Å². The van der Waals surface area contributed by atoms with Gasteiger partial charge in [-0.15, -0.1) is 0 Å². The van der Waals surface area contributed by atoms with E-state index in [1.165, 1.54) is 0 Å². The first-order chi connectivity index (χ1) is 7.35. The molecule has 1 aliphatic rings. The number of hydrogen-bond donors (Lipinski definition) is 1. The number of rotatable bonds is 3. The third-order valence-electron chi connectivity index (χ3n) is 4.61. The average molecular weight is 219 g/mol. The minimum Gasteiger partial charge on any atom is -0.370 e. The van der Waals surface area contributed by atoms with Gasteiger partial charge in [-0.2, -0.15) is 0 Å². The van der Waals surface area contributed by atoms with Gasteiger partial charge in [-0.1, -0.05) is 27.7 Å². The molecule has 1 heterocycles. The minimum atomic E-state index is 0.433. The number of aromatic nitrogens is 2. The van der Waals surface area contributed by atoms with E-state index in [-0.39, 0.29) is 0 Å². The Morgan fingerprint density at radius 3 is 2.31 bits per heavy atom. The monoisotopic (exact) mass is 219 g/mol. The SMILES string of the molecule is Cc1cc(NCC2C(C)(C)C2(C)C)ncn1. The zero-order valence-electron chi connectivity index (χ0n) is 10.8. The predicted octanol–water partition coefficient (Wildman–Crippen LogP) is 2.88. The van der Waals surface area contributed by atoms with Crippen LogP contribution in [0.5, 0.6) is 0 Å². The van der Waals surface area contributed by atoms with Gasteiger partial charge < -0.3 is 5.32 Å². The van der Waals surface area contributed by atoms with Gasteiger partial charge in [0.25, 0.3) is 0 Å². The van der Waals surface area contributed by atoms with E-state index in [2.05, 4.69) is 43.0 Å². The Bertz CT molecular complexity index is 382. The van der Waals surface area contributed by atoms with Crippen molar-refractivity contribution in [3.63, 3.8) is 0 Å². The molecule has 0 amide bonds. The van der Waals surface area contributed by atoms with Crippen molar-refractivity contribution in [1.29, 1.82) is 0 Å². The normalized spacial score (nSPS) is 21.8. The van der Waals surface area contributed by atoms with Crippen molar-refractivity contribution in [1.82, 2.24) is 9.97 Å². The molecule has 0 bridgehead atoms. The van der Waals surface area contributed by atoms with Crippen molar-refractivity contribution < 1.29 is 0 Å². The highest BCUT2D eigenvalue weighted by molar-refractivity contribution is 5.35. The van der Waals surface area contributed by atoms with Crippen molar-refractivity contribution in [3.8, 4) is 0 Å². The molecule has 3 nitrogen and oxygen atoms in total. The Labute approximate surface area is 97.7 Å². The Kier molecular flexibility index (Phi) is 2.44. The molecule has 1 fully saturated rings. The molecule has 1 aromatic heterocycles. The highest BCUT2D eigenvalue weighted by Crippen LogP contribution is 2.68. The lowest BCUT2D eigenvalue weighted by Gasteiger charge is -2.06. The van der Waals surface area contributed by atoms with Crippen molar-refractivity contribution in [2.75, 3.05) is 11.9 Å². The Morgan fingerprint density at radius 2 is 1.81 bits per heavy atom. The van der Waals surface area contributed by atoms with Gasteiger partial charge in [0.05, 0.1) is 0 Å². The van der Waals surface area contributed by atoms with Crippen molar-refractivity contribution in [3.05, 3.63) is 18.1 Å². The average Bonchev–Trinajstić information content (AvgIpc) is 2.55.